The smallest absolute Gasteiger partial charge is 0.328 e. The lowest BCUT2D eigenvalue weighted by Crippen LogP contribution is -2.39. The third kappa shape index (κ3) is 3.91. The summed E-state index contributed by atoms with van der Waals surface area (Å²) in [5.41, 5.74) is 2.00. The zero-order chi connectivity index (χ0) is 17.0. The number of aliphatic carboxylic acids is 1. The molecule has 2 rings (SSSR count). The molecule has 23 heavy (non-hydrogen) atoms. The van der Waals surface area contributed by atoms with Crippen LogP contribution in [0.4, 0.5) is 5.69 Å². The molecule has 1 aliphatic rings. The Morgan fingerprint density at radius 2 is 2.26 bits per heavy atom. The van der Waals surface area contributed by atoms with E-state index in [4.69, 9.17) is 14.6 Å². The number of carboxylic acid groups (broad SMARTS) is 1. The van der Waals surface area contributed by atoms with Crippen molar-refractivity contribution in [3.05, 3.63) is 35.9 Å². The summed E-state index contributed by atoms with van der Waals surface area (Å²) in [5.74, 6) is -0.261. The monoisotopic (exact) mass is 317 g/mol. The van der Waals surface area contributed by atoms with Gasteiger partial charge in [0.15, 0.2) is 18.1 Å². The Kier molecular flexibility index (Phi) is 5.05. The van der Waals surface area contributed by atoms with Crippen LogP contribution in [0.1, 0.15) is 19.4 Å². The van der Waals surface area contributed by atoms with Gasteiger partial charge in [0, 0.05) is 12.6 Å². The molecule has 1 heterocycles. The molecule has 1 aromatic rings. The van der Waals surface area contributed by atoms with E-state index in [9.17, 15) is 9.59 Å². The van der Waals surface area contributed by atoms with E-state index < -0.39 is 5.97 Å². The van der Waals surface area contributed by atoms with E-state index in [1.807, 2.05) is 13.8 Å². The van der Waals surface area contributed by atoms with Crippen molar-refractivity contribution in [2.24, 2.45) is 0 Å². The number of benzene rings is 1. The Hall–Kier alpha value is -2.76. The van der Waals surface area contributed by atoms with Crippen molar-refractivity contribution in [1.82, 2.24) is 0 Å². The molecule has 6 nitrogen and oxygen atoms in total. The zero-order valence-corrected chi connectivity index (χ0v) is 13.2. The number of ether oxygens (including phenoxy) is 2. The Bertz CT molecular complexity index is 678. The number of fused-ring (bicyclic) bond motifs is 1. The van der Waals surface area contributed by atoms with Gasteiger partial charge in [0.2, 0.25) is 0 Å². The molecule has 1 aromatic carbocycles. The first kappa shape index (κ1) is 16.6. The predicted molar refractivity (Wildman–Crippen MR) is 86.9 cm³/mol. The normalized spacial score (nSPS) is 13.7. The van der Waals surface area contributed by atoms with Gasteiger partial charge in [0.1, 0.15) is 0 Å². The van der Waals surface area contributed by atoms with Crippen LogP contribution >= 0.6 is 0 Å². The summed E-state index contributed by atoms with van der Waals surface area (Å²) in [5, 5.41) is 8.78. The molecule has 0 spiro atoms. The molecule has 0 aliphatic carbocycles. The molecule has 0 radical (unpaired) electrons. The van der Waals surface area contributed by atoms with Crippen molar-refractivity contribution in [3.63, 3.8) is 0 Å². The second-order valence-corrected chi connectivity index (χ2v) is 5.20. The topological polar surface area (TPSA) is 76.1 Å². The number of rotatable bonds is 6. The molecule has 122 valence electrons. The molecule has 0 bridgehead atoms. The molecule has 0 aromatic heterocycles. The second-order valence-electron chi connectivity index (χ2n) is 5.20. The molecular weight excluding hydrogens is 298 g/mol. The molecule has 1 N–H and O–H groups in total. The molecule has 6 heteroatoms. The van der Waals surface area contributed by atoms with Crippen LogP contribution in [0.2, 0.25) is 0 Å². The highest BCUT2D eigenvalue weighted by atomic mass is 16.5. The number of hydrogen-bond donors (Lipinski definition) is 1. The molecule has 0 saturated heterocycles. The zero-order valence-electron chi connectivity index (χ0n) is 13.2. The van der Waals surface area contributed by atoms with Crippen LogP contribution < -0.4 is 14.4 Å². The van der Waals surface area contributed by atoms with Gasteiger partial charge in [-0.05, 0) is 37.6 Å². The molecule has 1 aliphatic heterocycles. The minimum Gasteiger partial charge on any atom is -0.490 e. The summed E-state index contributed by atoms with van der Waals surface area (Å²) in [4.78, 5) is 24.4. The number of anilines is 1. The number of hydrogen-bond acceptors (Lipinski definition) is 4. The summed E-state index contributed by atoms with van der Waals surface area (Å²) in [7, 11) is 0. The average Bonchev–Trinajstić information content (AvgIpc) is 2.48. The van der Waals surface area contributed by atoms with Gasteiger partial charge in [0.05, 0.1) is 12.3 Å². The summed E-state index contributed by atoms with van der Waals surface area (Å²) in [6, 6.07) is 3.40. The van der Waals surface area contributed by atoms with Crippen molar-refractivity contribution in [3.8, 4) is 11.5 Å². The average molecular weight is 317 g/mol. The van der Waals surface area contributed by atoms with E-state index in [1.165, 1.54) is 6.08 Å². The van der Waals surface area contributed by atoms with Crippen LogP contribution in [-0.4, -0.2) is 36.7 Å². The van der Waals surface area contributed by atoms with Gasteiger partial charge in [-0.25, -0.2) is 4.79 Å². The van der Waals surface area contributed by atoms with Crippen LogP contribution in [0, 0.1) is 0 Å². The minimum atomic E-state index is -1.05. The summed E-state index contributed by atoms with van der Waals surface area (Å²) < 4.78 is 11.1. The lowest BCUT2D eigenvalue weighted by Gasteiger charge is -2.31. The van der Waals surface area contributed by atoms with Crippen LogP contribution in [0.25, 0.3) is 6.08 Å². The van der Waals surface area contributed by atoms with Gasteiger partial charge in [-0.1, -0.05) is 12.2 Å². The first-order valence-corrected chi connectivity index (χ1v) is 7.21. The maximum atomic E-state index is 12.1. The largest absolute Gasteiger partial charge is 0.490 e. The van der Waals surface area contributed by atoms with Crippen molar-refractivity contribution in [2.75, 3.05) is 24.7 Å². The van der Waals surface area contributed by atoms with Crippen molar-refractivity contribution >= 4 is 23.6 Å². The van der Waals surface area contributed by atoms with Gasteiger partial charge in [-0.2, -0.15) is 0 Å². The van der Waals surface area contributed by atoms with Gasteiger partial charge in [0.25, 0.3) is 5.91 Å². The standard InChI is InChI=1S/C17H19NO5/c1-4-22-14-8-12(5-6-16(20)21)7-13-17(14)23-10-15(19)18(13)9-11(2)3/h5-8H,2,4,9-10H2,1,3H3,(H,20,21)/b6-5+. The van der Waals surface area contributed by atoms with Crippen LogP contribution in [0.3, 0.4) is 0 Å². The van der Waals surface area contributed by atoms with E-state index in [0.717, 1.165) is 11.6 Å². The fraction of sp³-hybridized carbons (Fsp3) is 0.294. The molecule has 0 unspecified atom stereocenters. The molecular formula is C17H19NO5. The maximum Gasteiger partial charge on any atom is 0.328 e. The van der Waals surface area contributed by atoms with Crippen molar-refractivity contribution < 1.29 is 24.2 Å². The first-order valence-electron chi connectivity index (χ1n) is 7.21. The summed E-state index contributed by atoms with van der Waals surface area (Å²) >= 11 is 0. The SMILES string of the molecule is C=C(C)CN1C(=O)COc2c(OCC)cc(/C=C/C(=O)O)cc21. The van der Waals surface area contributed by atoms with E-state index in [0.29, 0.717) is 35.9 Å². The highest BCUT2D eigenvalue weighted by Crippen LogP contribution is 2.42. The summed E-state index contributed by atoms with van der Waals surface area (Å²) in [6.07, 6.45) is 2.48. The number of carbonyl (C=O) groups is 2. The minimum absolute atomic E-state index is 0.0648. The van der Waals surface area contributed by atoms with Gasteiger partial charge >= 0.3 is 5.97 Å². The van der Waals surface area contributed by atoms with Crippen LogP contribution in [0.15, 0.2) is 30.4 Å². The van der Waals surface area contributed by atoms with E-state index in [2.05, 4.69) is 6.58 Å². The lowest BCUT2D eigenvalue weighted by molar-refractivity contribution is -0.131. The predicted octanol–water partition coefficient (Wildman–Crippen LogP) is 2.48. The first-order chi connectivity index (χ1) is 10.9. The highest BCUT2D eigenvalue weighted by Gasteiger charge is 2.28. The third-order valence-electron chi connectivity index (χ3n) is 3.14. The quantitative estimate of drug-likeness (QED) is 0.644. The van der Waals surface area contributed by atoms with Crippen molar-refractivity contribution in [2.45, 2.75) is 13.8 Å². The van der Waals surface area contributed by atoms with E-state index >= 15 is 0 Å². The summed E-state index contributed by atoms with van der Waals surface area (Å²) in [6.45, 7) is 8.24. The Morgan fingerprint density at radius 1 is 1.52 bits per heavy atom. The maximum absolute atomic E-state index is 12.1. The Labute approximate surface area is 134 Å². The van der Waals surface area contributed by atoms with Gasteiger partial charge in [-0.3, -0.25) is 4.79 Å². The second kappa shape index (κ2) is 7.00. The molecule has 0 atom stereocenters. The van der Waals surface area contributed by atoms with Crippen molar-refractivity contribution in [1.29, 1.82) is 0 Å². The number of carbonyl (C=O) groups excluding carboxylic acids is 1. The Balaban J connectivity index is 2.53. The number of amides is 1. The fourth-order valence-corrected chi connectivity index (χ4v) is 2.27. The van der Waals surface area contributed by atoms with E-state index in [-0.39, 0.29) is 12.5 Å². The van der Waals surface area contributed by atoms with Crippen LogP contribution in [-0.2, 0) is 9.59 Å². The molecule has 0 fully saturated rings. The number of carboxylic acids is 1. The molecule has 0 saturated carbocycles. The fourth-order valence-electron chi connectivity index (χ4n) is 2.27. The van der Waals surface area contributed by atoms with Gasteiger partial charge < -0.3 is 19.5 Å². The third-order valence-corrected chi connectivity index (χ3v) is 3.14. The van der Waals surface area contributed by atoms with Crippen LogP contribution in [0.5, 0.6) is 11.5 Å². The van der Waals surface area contributed by atoms with Gasteiger partial charge in [-0.15, -0.1) is 0 Å². The highest BCUT2D eigenvalue weighted by molar-refractivity contribution is 5.99. The number of nitrogens with zero attached hydrogens (tertiary/aromatic N) is 1. The van der Waals surface area contributed by atoms with E-state index in [1.54, 1.807) is 17.0 Å². The lowest BCUT2D eigenvalue weighted by atomic mass is 10.1. The Morgan fingerprint density at radius 3 is 2.87 bits per heavy atom. The molecule has 1 amide bonds.